The smallest absolute Gasteiger partial charge is 0.227 e. The molecule has 0 bridgehead atoms. The molecule has 0 unspecified atom stereocenters. The van der Waals surface area contributed by atoms with Gasteiger partial charge in [-0.3, -0.25) is 4.79 Å². The van der Waals surface area contributed by atoms with Crippen LogP contribution in [0.2, 0.25) is 5.02 Å². The van der Waals surface area contributed by atoms with E-state index in [1.54, 1.807) is 0 Å². The van der Waals surface area contributed by atoms with Gasteiger partial charge >= 0.3 is 0 Å². The Kier molecular flexibility index (Phi) is 5.28. The van der Waals surface area contributed by atoms with Crippen molar-refractivity contribution in [3.8, 4) is 0 Å². The number of aryl methyl sites for hydroxylation is 1. The number of amides is 1. The number of rotatable bonds is 2. The van der Waals surface area contributed by atoms with Crippen molar-refractivity contribution in [1.82, 2.24) is 0 Å². The zero-order valence-electron chi connectivity index (χ0n) is 11.1. The molecule has 1 aliphatic carbocycles. The third-order valence-corrected chi connectivity index (χ3v) is 4.80. The minimum atomic E-state index is 0.127. The van der Waals surface area contributed by atoms with Gasteiger partial charge in [-0.25, -0.2) is 0 Å². The first-order chi connectivity index (χ1) is 9.08. The molecular formula is C15H19BrClNO. The van der Waals surface area contributed by atoms with Gasteiger partial charge in [0.1, 0.15) is 0 Å². The highest BCUT2D eigenvalue weighted by Crippen LogP contribution is 2.31. The summed E-state index contributed by atoms with van der Waals surface area (Å²) in [7, 11) is 0. The van der Waals surface area contributed by atoms with Crippen LogP contribution in [0.15, 0.2) is 16.6 Å². The average molecular weight is 345 g/mol. The maximum atomic E-state index is 12.3. The maximum absolute atomic E-state index is 12.3. The van der Waals surface area contributed by atoms with Gasteiger partial charge in [0.25, 0.3) is 0 Å². The minimum Gasteiger partial charge on any atom is -0.325 e. The average Bonchev–Trinajstić information content (AvgIpc) is 2.64. The summed E-state index contributed by atoms with van der Waals surface area (Å²) in [5.74, 6) is 0.275. The number of hydrogen-bond acceptors (Lipinski definition) is 1. The van der Waals surface area contributed by atoms with E-state index in [2.05, 4.69) is 21.2 Å². The Balaban J connectivity index is 2.07. The predicted molar refractivity (Wildman–Crippen MR) is 83.7 cm³/mol. The summed E-state index contributed by atoms with van der Waals surface area (Å²) in [6.07, 6.45) is 6.83. The van der Waals surface area contributed by atoms with Gasteiger partial charge in [-0.15, -0.1) is 0 Å². The lowest BCUT2D eigenvalue weighted by Crippen LogP contribution is -2.22. The molecule has 0 spiro atoms. The lowest BCUT2D eigenvalue weighted by atomic mass is 9.99. The molecule has 0 atom stereocenters. The molecule has 0 saturated heterocycles. The Morgan fingerprint density at radius 1 is 1.26 bits per heavy atom. The van der Waals surface area contributed by atoms with Crippen molar-refractivity contribution >= 4 is 39.1 Å². The van der Waals surface area contributed by atoms with Gasteiger partial charge in [0.2, 0.25) is 5.91 Å². The largest absolute Gasteiger partial charge is 0.325 e. The monoisotopic (exact) mass is 343 g/mol. The highest BCUT2D eigenvalue weighted by atomic mass is 79.9. The topological polar surface area (TPSA) is 29.1 Å². The lowest BCUT2D eigenvalue weighted by molar-refractivity contribution is -0.120. The Morgan fingerprint density at radius 2 is 1.89 bits per heavy atom. The van der Waals surface area contributed by atoms with Crippen LogP contribution in [0.5, 0.6) is 0 Å². The Bertz CT molecular complexity index is 467. The van der Waals surface area contributed by atoms with E-state index < -0.39 is 0 Å². The van der Waals surface area contributed by atoms with E-state index in [0.717, 1.165) is 41.4 Å². The summed E-state index contributed by atoms with van der Waals surface area (Å²) in [5.41, 5.74) is 1.77. The van der Waals surface area contributed by atoms with Crippen LogP contribution in [0.3, 0.4) is 0 Å². The van der Waals surface area contributed by atoms with Crippen LogP contribution in [-0.2, 0) is 4.79 Å². The normalized spacial score (nSPS) is 17.0. The fraction of sp³-hybridized carbons (Fsp3) is 0.533. The Labute approximate surface area is 128 Å². The van der Waals surface area contributed by atoms with Crippen molar-refractivity contribution in [3.05, 3.63) is 27.2 Å². The molecule has 1 amide bonds. The summed E-state index contributed by atoms with van der Waals surface area (Å²) in [6, 6.07) is 3.75. The number of carbonyl (C=O) groups excluding carboxylic acids is 1. The summed E-state index contributed by atoms with van der Waals surface area (Å²) in [6.45, 7) is 1.95. The zero-order chi connectivity index (χ0) is 13.8. The maximum Gasteiger partial charge on any atom is 0.227 e. The third-order valence-electron chi connectivity index (χ3n) is 3.73. The van der Waals surface area contributed by atoms with Gasteiger partial charge in [0.05, 0.1) is 5.69 Å². The summed E-state index contributed by atoms with van der Waals surface area (Å²) in [5, 5.41) is 3.69. The van der Waals surface area contributed by atoms with E-state index in [4.69, 9.17) is 11.6 Å². The van der Waals surface area contributed by atoms with Gasteiger partial charge in [-0.05, 0) is 53.4 Å². The number of carbonyl (C=O) groups is 1. The molecule has 104 valence electrons. The highest BCUT2D eigenvalue weighted by Gasteiger charge is 2.20. The molecule has 0 heterocycles. The van der Waals surface area contributed by atoms with Crippen molar-refractivity contribution in [2.24, 2.45) is 5.92 Å². The molecular weight excluding hydrogens is 326 g/mol. The van der Waals surface area contributed by atoms with Gasteiger partial charge in [-0.1, -0.05) is 37.3 Å². The van der Waals surface area contributed by atoms with Crippen LogP contribution in [0, 0.1) is 12.8 Å². The SMILES string of the molecule is Cc1cc(Br)c(NC(=O)C2CCCCCC2)cc1Cl. The molecule has 1 aromatic rings. The molecule has 2 rings (SSSR count). The third kappa shape index (κ3) is 3.96. The standard InChI is InChI=1S/C15H19BrClNO/c1-10-8-12(16)14(9-13(10)17)18-15(19)11-6-4-2-3-5-7-11/h8-9,11H,2-7H2,1H3,(H,18,19). The first-order valence-corrected chi connectivity index (χ1v) is 8.01. The van der Waals surface area contributed by atoms with E-state index >= 15 is 0 Å². The van der Waals surface area contributed by atoms with Crippen molar-refractivity contribution in [1.29, 1.82) is 0 Å². The van der Waals surface area contributed by atoms with Crippen molar-refractivity contribution < 1.29 is 4.79 Å². The van der Waals surface area contributed by atoms with Crippen molar-refractivity contribution in [3.63, 3.8) is 0 Å². The fourth-order valence-electron chi connectivity index (χ4n) is 2.52. The van der Waals surface area contributed by atoms with Gasteiger partial charge in [-0.2, -0.15) is 0 Å². The molecule has 1 aliphatic rings. The van der Waals surface area contributed by atoms with Crippen LogP contribution in [-0.4, -0.2) is 5.91 Å². The van der Waals surface area contributed by atoms with Crippen LogP contribution >= 0.6 is 27.5 Å². The number of halogens is 2. The number of hydrogen-bond donors (Lipinski definition) is 1. The number of nitrogens with one attached hydrogen (secondary N) is 1. The van der Waals surface area contributed by atoms with Gasteiger partial charge in [0.15, 0.2) is 0 Å². The highest BCUT2D eigenvalue weighted by molar-refractivity contribution is 9.10. The number of benzene rings is 1. The Hall–Kier alpha value is -0.540. The van der Waals surface area contributed by atoms with E-state index in [9.17, 15) is 4.79 Å². The minimum absolute atomic E-state index is 0.127. The van der Waals surface area contributed by atoms with Crippen LogP contribution in [0.4, 0.5) is 5.69 Å². The van der Waals surface area contributed by atoms with Crippen LogP contribution in [0.25, 0.3) is 0 Å². The second-order valence-electron chi connectivity index (χ2n) is 5.26. The van der Waals surface area contributed by atoms with E-state index in [1.165, 1.54) is 12.8 Å². The van der Waals surface area contributed by atoms with Crippen LogP contribution in [0.1, 0.15) is 44.1 Å². The van der Waals surface area contributed by atoms with Gasteiger partial charge in [0, 0.05) is 15.4 Å². The molecule has 2 nitrogen and oxygen atoms in total. The second kappa shape index (κ2) is 6.76. The summed E-state index contributed by atoms with van der Waals surface area (Å²) < 4.78 is 0.886. The number of anilines is 1. The first-order valence-electron chi connectivity index (χ1n) is 6.84. The van der Waals surface area contributed by atoms with E-state index in [-0.39, 0.29) is 11.8 Å². The second-order valence-corrected chi connectivity index (χ2v) is 6.52. The fourth-order valence-corrected chi connectivity index (χ4v) is 3.24. The molecule has 0 radical (unpaired) electrons. The molecule has 4 heteroatoms. The molecule has 1 fully saturated rings. The lowest BCUT2D eigenvalue weighted by Gasteiger charge is -2.15. The van der Waals surface area contributed by atoms with E-state index in [0.29, 0.717) is 5.02 Å². The van der Waals surface area contributed by atoms with Crippen molar-refractivity contribution in [2.45, 2.75) is 45.4 Å². The molecule has 1 aromatic carbocycles. The Morgan fingerprint density at radius 3 is 2.53 bits per heavy atom. The molecule has 1 saturated carbocycles. The predicted octanol–water partition coefficient (Wildman–Crippen LogP) is 5.32. The van der Waals surface area contributed by atoms with E-state index in [1.807, 2.05) is 19.1 Å². The first kappa shape index (κ1) is 14.9. The molecule has 0 aliphatic heterocycles. The quantitative estimate of drug-likeness (QED) is 0.723. The molecule has 0 aromatic heterocycles. The molecule has 1 N–H and O–H groups in total. The zero-order valence-corrected chi connectivity index (χ0v) is 13.5. The molecule has 19 heavy (non-hydrogen) atoms. The summed E-state index contributed by atoms with van der Waals surface area (Å²) in [4.78, 5) is 12.3. The summed E-state index contributed by atoms with van der Waals surface area (Å²) >= 11 is 9.58. The van der Waals surface area contributed by atoms with Gasteiger partial charge < -0.3 is 5.32 Å². The van der Waals surface area contributed by atoms with Crippen LogP contribution < -0.4 is 5.32 Å². The van der Waals surface area contributed by atoms with Crippen molar-refractivity contribution in [2.75, 3.05) is 5.32 Å².